The van der Waals surface area contributed by atoms with Crippen molar-refractivity contribution in [2.45, 2.75) is 32.7 Å². The highest BCUT2D eigenvalue weighted by Gasteiger charge is 2.39. The molecule has 0 spiro atoms. The Morgan fingerprint density at radius 1 is 1.44 bits per heavy atom. The van der Waals surface area contributed by atoms with E-state index in [-0.39, 0.29) is 0 Å². The molecule has 1 saturated carbocycles. The Morgan fingerprint density at radius 3 is 2.78 bits per heavy atom. The zero-order valence-electron chi connectivity index (χ0n) is 11.1. The zero-order valence-corrected chi connectivity index (χ0v) is 11.1. The van der Waals surface area contributed by atoms with Gasteiger partial charge in [-0.1, -0.05) is 6.92 Å². The fourth-order valence-corrected chi connectivity index (χ4v) is 2.28. The van der Waals surface area contributed by atoms with Gasteiger partial charge in [-0.2, -0.15) is 5.26 Å². The minimum absolute atomic E-state index is 0.542. The summed E-state index contributed by atoms with van der Waals surface area (Å²) in [6, 6.07) is 7.72. The molecule has 18 heavy (non-hydrogen) atoms. The van der Waals surface area contributed by atoms with Crippen LogP contribution in [0.5, 0.6) is 5.75 Å². The van der Waals surface area contributed by atoms with Gasteiger partial charge in [-0.15, -0.1) is 0 Å². The van der Waals surface area contributed by atoms with Crippen LogP contribution in [0.15, 0.2) is 18.2 Å². The molecule has 0 atom stereocenters. The minimum atomic E-state index is 0.542. The third-order valence-electron chi connectivity index (χ3n) is 3.93. The highest BCUT2D eigenvalue weighted by atomic mass is 16.5. The molecule has 0 heterocycles. The summed E-state index contributed by atoms with van der Waals surface area (Å²) in [5.41, 5.74) is 2.28. The third-order valence-corrected chi connectivity index (χ3v) is 3.93. The second kappa shape index (κ2) is 5.41. The molecular formula is C15H20N2O. The number of ether oxygens (including phenoxy) is 1. The molecule has 0 unspecified atom stereocenters. The number of nitriles is 1. The van der Waals surface area contributed by atoms with Gasteiger partial charge in [0.2, 0.25) is 0 Å². The molecule has 1 N–H and O–H groups in total. The number of methoxy groups -OCH3 is 1. The monoisotopic (exact) mass is 244 g/mol. The molecule has 96 valence electrons. The van der Waals surface area contributed by atoms with E-state index in [4.69, 9.17) is 10.00 Å². The Balaban J connectivity index is 1.97. The first-order valence-corrected chi connectivity index (χ1v) is 6.51. The number of hydrogen-bond donors (Lipinski definition) is 1. The molecule has 3 heteroatoms. The molecule has 1 aliphatic carbocycles. The smallest absolute Gasteiger partial charge is 0.123 e. The molecule has 0 aliphatic heterocycles. The number of nitrogens with zero attached hydrogens (tertiary/aromatic N) is 1. The van der Waals surface area contributed by atoms with E-state index >= 15 is 0 Å². The Morgan fingerprint density at radius 2 is 2.22 bits per heavy atom. The Bertz CT molecular complexity index is 458. The van der Waals surface area contributed by atoms with Crippen LogP contribution in [-0.2, 0) is 6.54 Å². The lowest BCUT2D eigenvalue weighted by Gasteiger charge is -2.15. The maximum atomic E-state index is 8.92. The van der Waals surface area contributed by atoms with Crippen molar-refractivity contribution in [3.05, 3.63) is 29.3 Å². The first kappa shape index (κ1) is 12.9. The average molecular weight is 244 g/mol. The van der Waals surface area contributed by atoms with Gasteiger partial charge in [-0.05, 0) is 42.9 Å². The van der Waals surface area contributed by atoms with Crippen LogP contribution < -0.4 is 10.1 Å². The van der Waals surface area contributed by atoms with Crippen LogP contribution in [0.3, 0.4) is 0 Å². The van der Waals surface area contributed by atoms with Crippen molar-refractivity contribution in [1.29, 1.82) is 5.26 Å². The second-order valence-corrected chi connectivity index (χ2v) is 5.10. The average Bonchev–Trinajstić information content (AvgIpc) is 3.19. The Labute approximate surface area is 109 Å². The Hall–Kier alpha value is -1.53. The van der Waals surface area contributed by atoms with Crippen LogP contribution >= 0.6 is 0 Å². The van der Waals surface area contributed by atoms with Crippen LogP contribution in [0, 0.1) is 16.7 Å². The summed E-state index contributed by atoms with van der Waals surface area (Å²) in [4.78, 5) is 0. The van der Waals surface area contributed by atoms with Crippen LogP contribution in [0.2, 0.25) is 0 Å². The largest absolute Gasteiger partial charge is 0.496 e. The normalized spacial score (nSPS) is 16.1. The van der Waals surface area contributed by atoms with Crippen molar-refractivity contribution in [3.63, 3.8) is 0 Å². The van der Waals surface area contributed by atoms with Gasteiger partial charge < -0.3 is 10.1 Å². The van der Waals surface area contributed by atoms with E-state index in [0.717, 1.165) is 24.4 Å². The lowest BCUT2D eigenvalue weighted by Crippen LogP contribution is -2.23. The van der Waals surface area contributed by atoms with Gasteiger partial charge in [0.25, 0.3) is 0 Å². The summed E-state index contributed by atoms with van der Waals surface area (Å²) in [7, 11) is 1.67. The van der Waals surface area contributed by atoms with E-state index in [9.17, 15) is 0 Å². The molecular weight excluding hydrogens is 224 g/mol. The molecule has 0 saturated heterocycles. The van der Waals surface area contributed by atoms with Crippen molar-refractivity contribution >= 4 is 0 Å². The third kappa shape index (κ3) is 2.83. The second-order valence-electron chi connectivity index (χ2n) is 5.10. The fourth-order valence-electron chi connectivity index (χ4n) is 2.28. The summed E-state index contributed by atoms with van der Waals surface area (Å²) in [6.45, 7) is 4.08. The zero-order chi connectivity index (χ0) is 13.0. The summed E-state index contributed by atoms with van der Waals surface area (Å²) in [6.07, 6.45) is 3.92. The van der Waals surface area contributed by atoms with Crippen molar-refractivity contribution in [2.24, 2.45) is 5.41 Å². The topological polar surface area (TPSA) is 45.0 Å². The molecule has 0 radical (unpaired) electrons. The first-order valence-electron chi connectivity index (χ1n) is 6.51. The molecule has 0 aromatic heterocycles. The van der Waals surface area contributed by atoms with E-state index in [1.165, 1.54) is 19.3 Å². The molecule has 1 aromatic rings. The standard InChI is InChI=1S/C15H20N2O/c1-3-15(6-7-15)11-17-10-13-8-12(9-16)4-5-14(13)18-2/h4-5,8,17H,3,6-7,10-11H2,1-2H3. The molecule has 2 rings (SSSR count). The van der Waals surface area contributed by atoms with E-state index in [1.807, 2.05) is 12.1 Å². The predicted octanol–water partition coefficient (Wildman–Crippen LogP) is 2.85. The number of benzene rings is 1. The van der Waals surface area contributed by atoms with E-state index in [2.05, 4.69) is 18.3 Å². The van der Waals surface area contributed by atoms with E-state index in [1.54, 1.807) is 13.2 Å². The van der Waals surface area contributed by atoms with Crippen LogP contribution in [0.25, 0.3) is 0 Å². The number of rotatable bonds is 6. The van der Waals surface area contributed by atoms with Gasteiger partial charge in [0.15, 0.2) is 0 Å². The van der Waals surface area contributed by atoms with Crippen molar-refractivity contribution in [2.75, 3.05) is 13.7 Å². The van der Waals surface area contributed by atoms with E-state index < -0.39 is 0 Å². The molecule has 0 amide bonds. The summed E-state index contributed by atoms with van der Waals surface area (Å²) >= 11 is 0. The van der Waals surface area contributed by atoms with Crippen LogP contribution in [-0.4, -0.2) is 13.7 Å². The lowest BCUT2D eigenvalue weighted by molar-refractivity contribution is 0.402. The van der Waals surface area contributed by atoms with Gasteiger partial charge in [0.05, 0.1) is 18.7 Å². The van der Waals surface area contributed by atoms with Crippen LogP contribution in [0.4, 0.5) is 0 Å². The first-order chi connectivity index (χ1) is 8.73. The minimum Gasteiger partial charge on any atom is -0.496 e. The Kier molecular flexibility index (Phi) is 3.88. The maximum absolute atomic E-state index is 8.92. The summed E-state index contributed by atoms with van der Waals surface area (Å²) in [5.74, 6) is 0.850. The van der Waals surface area contributed by atoms with Gasteiger partial charge >= 0.3 is 0 Å². The predicted molar refractivity (Wildman–Crippen MR) is 71.4 cm³/mol. The molecule has 1 fully saturated rings. The van der Waals surface area contributed by atoms with Gasteiger partial charge in [-0.3, -0.25) is 0 Å². The number of hydrogen-bond acceptors (Lipinski definition) is 3. The van der Waals surface area contributed by atoms with Crippen LogP contribution in [0.1, 0.15) is 37.3 Å². The lowest BCUT2D eigenvalue weighted by atomic mass is 10.0. The summed E-state index contributed by atoms with van der Waals surface area (Å²) < 4.78 is 5.32. The highest BCUT2D eigenvalue weighted by Crippen LogP contribution is 2.47. The molecule has 0 bridgehead atoms. The highest BCUT2D eigenvalue weighted by molar-refractivity contribution is 5.42. The van der Waals surface area contributed by atoms with Gasteiger partial charge in [0.1, 0.15) is 5.75 Å². The quantitative estimate of drug-likeness (QED) is 0.837. The molecule has 1 aromatic carbocycles. The summed E-state index contributed by atoms with van der Waals surface area (Å²) in [5, 5.41) is 12.4. The van der Waals surface area contributed by atoms with Gasteiger partial charge in [-0.25, -0.2) is 0 Å². The van der Waals surface area contributed by atoms with Gasteiger partial charge in [0, 0.05) is 18.7 Å². The van der Waals surface area contributed by atoms with Crippen molar-refractivity contribution in [1.82, 2.24) is 5.32 Å². The maximum Gasteiger partial charge on any atom is 0.123 e. The van der Waals surface area contributed by atoms with Crippen molar-refractivity contribution < 1.29 is 4.74 Å². The van der Waals surface area contributed by atoms with E-state index in [0.29, 0.717) is 11.0 Å². The van der Waals surface area contributed by atoms with Crippen molar-refractivity contribution in [3.8, 4) is 11.8 Å². The molecule has 1 aliphatic rings. The SMILES string of the molecule is CCC1(CNCc2cc(C#N)ccc2OC)CC1. The fraction of sp³-hybridized carbons (Fsp3) is 0.533. The number of nitrogens with one attached hydrogen (secondary N) is 1. The molecule has 3 nitrogen and oxygen atoms in total.